The largest absolute Gasteiger partial charge is 0.338 e. The van der Waals surface area contributed by atoms with Crippen molar-refractivity contribution in [1.82, 2.24) is 10.6 Å². The number of hydrogen-bond acceptors (Lipinski definition) is 2. The van der Waals surface area contributed by atoms with Crippen LogP contribution in [0.1, 0.15) is 110 Å². The highest BCUT2D eigenvalue weighted by Gasteiger charge is 2.02. The number of hydrogen-bond donors (Lipinski definition) is 2. The van der Waals surface area contributed by atoms with Crippen LogP contribution in [0.2, 0.25) is 0 Å². The van der Waals surface area contributed by atoms with Crippen LogP contribution in [0.4, 0.5) is 4.79 Å². The first-order valence-corrected chi connectivity index (χ1v) is 10.9. The molecule has 0 radical (unpaired) electrons. The Balaban J connectivity index is 3.12. The van der Waals surface area contributed by atoms with Crippen LogP contribution in [0, 0.1) is 0 Å². The van der Waals surface area contributed by atoms with E-state index in [0.29, 0.717) is 6.54 Å². The van der Waals surface area contributed by atoms with E-state index >= 15 is 0 Å². The Morgan fingerprint density at radius 2 is 1.08 bits per heavy atom. The first-order valence-electron chi connectivity index (χ1n) is 10.9. The maximum absolute atomic E-state index is 11.3. The van der Waals surface area contributed by atoms with E-state index in [9.17, 15) is 9.59 Å². The van der Waals surface area contributed by atoms with Crippen molar-refractivity contribution in [3.63, 3.8) is 0 Å². The number of imide groups is 1. The van der Waals surface area contributed by atoms with Gasteiger partial charge in [-0.3, -0.25) is 10.1 Å². The second kappa shape index (κ2) is 20.0. The van der Waals surface area contributed by atoms with E-state index < -0.39 is 11.9 Å². The maximum Gasteiger partial charge on any atom is 0.321 e. The predicted octanol–water partition coefficient (Wildman–Crippen LogP) is 6.26. The fraction of sp³-hybridized carbons (Fsp3) is 0.818. The smallest absolute Gasteiger partial charge is 0.321 e. The van der Waals surface area contributed by atoms with Crippen molar-refractivity contribution in [3.05, 3.63) is 12.7 Å². The molecule has 0 fully saturated rings. The maximum atomic E-state index is 11.3. The Hall–Kier alpha value is -1.32. The molecule has 2 N–H and O–H groups in total. The van der Waals surface area contributed by atoms with Crippen LogP contribution in [0.3, 0.4) is 0 Å². The van der Waals surface area contributed by atoms with Crippen molar-refractivity contribution in [1.29, 1.82) is 0 Å². The Kier molecular flexibility index (Phi) is 19.0. The van der Waals surface area contributed by atoms with Gasteiger partial charge < -0.3 is 5.32 Å². The fourth-order valence-corrected chi connectivity index (χ4v) is 3.08. The highest BCUT2D eigenvalue weighted by molar-refractivity contribution is 5.99. The van der Waals surface area contributed by atoms with Gasteiger partial charge in [-0.05, 0) is 12.5 Å². The number of amides is 3. The van der Waals surface area contributed by atoms with Gasteiger partial charge in [0.25, 0.3) is 5.91 Å². The second-order valence-electron chi connectivity index (χ2n) is 7.25. The summed E-state index contributed by atoms with van der Waals surface area (Å²) in [6.07, 6.45) is 22.5. The Morgan fingerprint density at radius 3 is 1.46 bits per heavy atom. The van der Waals surface area contributed by atoms with Crippen molar-refractivity contribution in [2.24, 2.45) is 0 Å². The lowest BCUT2D eigenvalue weighted by molar-refractivity contribution is -0.115. The average Bonchev–Trinajstić information content (AvgIpc) is 2.64. The molecule has 26 heavy (non-hydrogen) atoms. The number of carbonyl (C=O) groups excluding carboxylic acids is 2. The lowest BCUT2D eigenvalue weighted by Gasteiger charge is -2.05. The molecule has 0 aromatic carbocycles. The number of unbranched alkanes of at least 4 members (excludes halogenated alkanes) is 15. The van der Waals surface area contributed by atoms with Gasteiger partial charge in [-0.1, -0.05) is 110 Å². The average molecular weight is 367 g/mol. The Morgan fingerprint density at radius 1 is 0.692 bits per heavy atom. The predicted molar refractivity (Wildman–Crippen MR) is 111 cm³/mol. The van der Waals surface area contributed by atoms with Crippen molar-refractivity contribution in [2.75, 3.05) is 6.54 Å². The minimum atomic E-state index is -0.463. The van der Waals surface area contributed by atoms with Gasteiger partial charge in [-0.25, -0.2) is 4.79 Å². The molecule has 0 spiro atoms. The molecule has 0 aliphatic heterocycles. The van der Waals surface area contributed by atoms with Gasteiger partial charge in [-0.15, -0.1) is 0 Å². The molecule has 3 amide bonds. The number of carbonyl (C=O) groups is 2. The molecule has 0 rings (SSSR count). The molecule has 0 aromatic heterocycles. The first-order chi connectivity index (χ1) is 12.7. The summed E-state index contributed by atoms with van der Waals surface area (Å²) >= 11 is 0. The molecule has 0 heterocycles. The fourth-order valence-electron chi connectivity index (χ4n) is 3.08. The standard InChI is InChI=1S/C22H42N2O2/c1-3-5-6-7-8-9-10-11-12-13-14-15-16-17-18-19-20-23-22(26)24-21(25)4-2/h4H,2-3,5-20H2,1H3,(H2,23,24,25,26). The van der Waals surface area contributed by atoms with Crippen molar-refractivity contribution in [3.8, 4) is 0 Å². The van der Waals surface area contributed by atoms with Crippen LogP contribution in [0.15, 0.2) is 12.7 Å². The molecule has 0 aliphatic rings. The van der Waals surface area contributed by atoms with Gasteiger partial charge in [0.05, 0.1) is 0 Å². The van der Waals surface area contributed by atoms with E-state index in [1.165, 1.54) is 89.9 Å². The van der Waals surface area contributed by atoms with E-state index in [0.717, 1.165) is 18.9 Å². The van der Waals surface area contributed by atoms with E-state index in [-0.39, 0.29) is 0 Å². The van der Waals surface area contributed by atoms with Crippen molar-refractivity contribution >= 4 is 11.9 Å². The van der Waals surface area contributed by atoms with Gasteiger partial charge in [0.15, 0.2) is 0 Å². The highest BCUT2D eigenvalue weighted by atomic mass is 16.2. The molecule has 0 saturated carbocycles. The third-order valence-electron chi connectivity index (χ3n) is 4.74. The molecule has 0 aromatic rings. The molecule has 0 atom stereocenters. The van der Waals surface area contributed by atoms with Crippen molar-refractivity contribution in [2.45, 2.75) is 110 Å². The lowest BCUT2D eigenvalue weighted by atomic mass is 10.0. The van der Waals surface area contributed by atoms with Gasteiger partial charge >= 0.3 is 6.03 Å². The highest BCUT2D eigenvalue weighted by Crippen LogP contribution is 2.13. The molecular formula is C22H42N2O2. The summed E-state index contributed by atoms with van der Waals surface area (Å²) in [6, 6.07) is -0.434. The Bertz CT molecular complexity index is 356. The van der Waals surface area contributed by atoms with Gasteiger partial charge in [0, 0.05) is 6.54 Å². The van der Waals surface area contributed by atoms with Crippen LogP contribution in [-0.2, 0) is 4.79 Å². The topological polar surface area (TPSA) is 58.2 Å². The first kappa shape index (κ1) is 24.7. The number of urea groups is 1. The van der Waals surface area contributed by atoms with Crippen LogP contribution < -0.4 is 10.6 Å². The summed E-state index contributed by atoms with van der Waals surface area (Å²) in [7, 11) is 0. The summed E-state index contributed by atoms with van der Waals surface area (Å²) in [4.78, 5) is 22.2. The minimum Gasteiger partial charge on any atom is -0.338 e. The monoisotopic (exact) mass is 366 g/mol. The van der Waals surface area contributed by atoms with E-state index in [4.69, 9.17) is 0 Å². The molecule has 0 saturated heterocycles. The minimum absolute atomic E-state index is 0.434. The molecule has 4 heteroatoms. The number of rotatable bonds is 18. The van der Waals surface area contributed by atoms with Crippen LogP contribution in [0.5, 0.6) is 0 Å². The van der Waals surface area contributed by atoms with Gasteiger partial charge in [-0.2, -0.15) is 0 Å². The van der Waals surface area contributed by atoms with Crippen molar-refractivity contribution < 1.29 is 9.59 Å². The summed E-state index contributed by atoms with van der Waals surface area (Å²) in [6.45, 7) is 6.20. The summed E-state index contributed by atoms with van der Waals surface area (Å²) in [5.74, 6) is -0.463. The molecular weight excluding hydrogens is 324 g/mol. The Labute approximate surface area is 161 Å². The third-order valence-corrected chi connectivity index (χ3v) is 4.74. The third kappa shape index (κ3) is 19.0. The van der Waals surface area contributed by atoms with E-state index in [2.05, 4.69) is 24.1 Å². The molecule has 152 valence electrons. The molecule has 0 aliphatic carbocycles. The zero-order valence-corrected chi connectivity index (χ0v) is 17.1. The quantitative estimate of drug-likeness (QED) is 0.222. The van der Waals surface area contributed by atoms with Crippen LogP contribution in [0.25, 0.3) is 0 Å². The zero-order chi connectivity index (χ0) is 19.3. The summed E-state index contributed by atoms with van der Waals surface area (Å²) in [5.41, 5.74) is 0. The molecule has 4 nitrogen and oxygen atoms in total. The molecule has 0 unspecified atom stereocenters. The van der Waals surface area contributed by atoms with Gasteiger partial charge in [0.2, 0.25) is 0 Å². The van der Waals surface area contributed by atoms with Crippen LogP contribution in [-0.4, -0.2) is 18.5 Å². The van der Waals surface area contributed by atoms with E-state index in [1.54, 1.807) is 0 Å². The zero-order valence-electron chi connectivity index (χ0n) is 17.1. The summed E-state index contributed by atoms with van der Waals surface area (Å²) < 4.78 is 0. The van der Waals surface area contributed by atoms with Crippen LogP contribution >= 0.6 is 0 Å². The SMILES string of the molecule is C=CC(=O)NC(=O)NCCCCCCCCCCCCCCCCCC. The van der Waals surface area contributed by atoms with E-state index in [1.807, 2.05) is 0 Å². The second-order valence-corrected chi connectivity index (χ2v) is 7.25. The summed E-state index contributed by atoms with van der Waals surface area (Å²) in [5, 5.41) is 4.86. The molecule has 0 bridgehead atoms. The normalized spacial score (nSPS) is 10.5. The number of nitrogens with one attached hydrogen (secondary N) is 2. The lowest BCUT2D eigenvalue weighted by Crippen LogP contribution is -2.38. The van der Waals surface area contributed by atoms with Gasteiger partial charge in [0.1, 0.15) is 0 Å².